The third kappa shape index (κ3) is 3.37. The molecule has 6 heteroatoms. The number of sulfonamides is 1. The fourth-order valence-electron chi connectivity index (χ4n) is 1.16. The zero-order chi connectivity index (χ0) is 12.3. The Morgan fingerprint density at radius 2 is 2.12 bits per heavy atom. The van der Waals surface area contributed by atoms with Crippen molar-refractivity contribution in [1.82, 2.24) is 0 Å². The number of nitrogens with two attached hydrogens (primary N) is 1. The standard InChI is InChI=1S/C10H15ClN2O2S/c1-3-7(2)13-10-6-8(16(12,14)15)4-5-9(10)11/h4-7,13H,3H2,1-2H3,(H2,12,14,15). The van der Waals surface area contributed by atoms with Gasteiger partial charge in [0.05, 0.1) is 15.6 Å². The Morgan fingerprint density at radius 3 is 2.62 bits per heavy atom. The van der Waals surface area contributed by atoms with Crippen LogP contribution in [0.1, 0.15) is 20.3 Å². The lowest BCUT2D eigenvalue weighted by molar-refractivity contribution is 0.598. The van der Waals surface area contributed by atoms with Gasteiger partial charge in [0, 0.05) is 6.04 Å². The number of hydrogen-bond acceptors (Lipinski definition) is 3. The molecule has 1 unspecified atom stereocenters. The van der Waals surface area contributed by atoms with E-state index in [0.717, 1.165) is 6.42 Å². The van der Waals surface area contributed by atoms with Crippen molar-refractivity contribution in [1.29, 1.82) is 0 Å². The van der Waals surface area contributed by atoms with Crippen molar-refractivity contribution in [3.05, 3.63) is 23.2 Å². The highest BCUT2D eigenvalue weighted by molar-refractivity contribution is 7.89. The summed E-state index contributed by atoms with van der Waals surface area (Å²) in [5.41, 5.74) is 0.586. The topological polar surface area (TPSA) is 72.2 Å². The third-order valence-corrected chi connectivity index (χ3v) is 3.52. The number of nitrogens with one attached hydrogen (secondary N) is 1. The first kappa shape index (κ1) is 13.3. The fourth-order valence-corrected chi connectivity index (χ4v) is 1.87. The second-order valence-corrected chi connectivity index (χ2v) is 5.61. The predicted octanol–water partition coefficient (Wildman–Crippen LogP) is 2.20. The largest absolute Gasteiger partial charge is 0.381 e. The van der Waals surface area contributed by atoms with Crippen LogP contribution in [0.15, 0.2) is 23.1 Å². The van der Waals surface area contributed by atoms with Crippen molar-refractivity contribution in [3.63, 3.8) is 0 Å². The lowest BCUT2D eigenvalue weighted by Gasteiger charge is -2.15. The Kier molecular flexibility index (Phi) is 4.18. The van der Waals surface area contributed by atoms with Crippen LogP contribution in [0.4, 0.5) is 5.69 Å². The molecule has 0 amide bonds. The van der Waals surface area contributed by atoms with Crippen molar-refractivity contribution in [2.75, 3.05) is 5.32 Å². The van der Waals surface area contributed by atoms with Crippen LogP contribution in [-0.2, 0) is 10.0 Å². The van der Waals surface area contributed by atoms with Gasteiger partial charge in [-0.2, -0.15) is 0 Å². The summed E-state index contributed by atoms with van der Waals surface area (Å²) in [5.74, 6) is 0. The quantitative estimate of drug-likeness (QED) is 0.874. The summed E-state index contributed by atoms with van der Waals surface area (Å²) in [6.07, 6.45) is 0.913. The zero-order valence-electron chi connectivity index (χ0n) is 9.20. The van der Waals surface area contributed by atoms with Gasteiger partial charge in [0.2, 0.25) is 10.0 Å². The van der Waals surface area contributed by atoms with Crippen molar-refractivity contribution < 1.29 is 8.42 Å². The molecule has 0 heterocycles. The summed E-state index contributed by atoms with van der Waals surface area (Å²) in [6.45, 7) is 4.01. The molecule has 0 bridgehead atoms. The normalized spacial score (nSPS) is 13.5. The average Bonchev–Trinajstić information content (AvgIpc) is 2.19. The van der Waals surface area contributed by atoms with Crippen molar-refractivity contribution in [3.8, 4) is 0 Å². The predicted molar refractivity (Wildman–Crippen MR) is 66.2 cm³/mol. The Labute approximate surface area is 101 Å². The second kappa shape index (κ2) is 5.03. The molecule has 0 aromatic heterocycles. The molecule has 16 heavy (non-hydrogen) atoms. The van der Waals surface area contributed by atoms with E-state index in [-0.39, 0.29) is 10.9 Å². The smallest absolute Gasteiger partial charge is 0.238 e. The van der Waals surface area contributed by atoms with Crippen LogP contribution in [0.3, 0.4) is 0 Å². The van der Waals surface area contributed by atoms with Crippen LogP contribution in [-0.4, -0.2) is 14.5 Å². The van der Waals surface area contributed by atoms with Crippen LogP contribution in [0, 0.1) is 0 Å². The molecule has 0 aliphatic rings. The SMILES string of the molecule is CCC(C)Nc1cc(S(N)(=O)=O)ccc1Cl. The Bertz CT molecular complexity index is 474. The summed E-state index contributed by atoms with van der Waals surface area (Å²) in [5, 5.41) is 8.64. The van der Waals surface area contributed by atoms with Crippen molar-refractivity contribution >= 4 is 27.3 Å². The number of rotatable bonds is 4. The van der Waals surface area contributed by atoms with Gasteiger partial charge in [-0.05, 0) is 31.5 Å². The zero-order valence-corrected chi connectivity index (χ0v) is 10.8. The number of anilines is 1. The van der Waals surface area contributed by atoms with Gasteiger partial charge in [-0.1, -0.05) is 18.5 Å². The van der Waals surface area contributed by atoms with Crippen LogP contribution in [0.5, 0.6) is 0 Å². The fraction of sp³-hybridized carbons (Fsp3) is 0.400. The van der Waals surface area contributed by atoms with E-state index in [1.165, 1.54) is 18.2 Å². The average molecular weight is 263 g/mol. The summed E-state index contributed by atoms with van der Waals surface area (Å²) >= 11 is 5.95. The maximum atomic E-state index is 11.2. The second-order valence-electron chi connectivity index (χ2n) is 3.64. The van der Waals surface area contributed by atoms with Crippen molar-refractivity contribution in [2.45, 2.75) is 31.2 Å². The van der Waals surface area contributed by atoms with Crippen LogP contribution < -0.4 is 10.5 Å². The molecule has 0 spiro atoms. The molecule has 1 atom stereocenters. The molecule has 1 aromatic carbocycles. The maximum Gasteiger partial charge on any atom is 0.238 e. The van der Waals surface area contributed by atoms with E-state index >= 15 is 0 Å². The first-order valence-corrected chi connectivity index (χ1v) is 6.86. The molecule has 3 N–H and O–H groups in total. The molecule has 0 fully saturated rings. The molecule has 0 aliphatic heterocycles. The van der Waals surface area contributed by atoms with E-state index in [4.69, 9.17) is 16.7 Å². The first-order chi connectivity index (χ1) is 7.34. The molecule has 0 saturated carbocycles. The third-order valence-electron chi connectivity index (χ3n) is 2.28. The lowest BCUT2D eigenvalue weighted by Crippen LogP contribution is -2.16. The maximum absolute atomic E-state index is 11.2. The van der Waals surface area contributed by atoms with E-state index in [1.54, 1.807) is 0 Å². The van der Waals surface area contributed by atoms with Gasteiger partial charge < -0.3 is 5.32 Å². The van der Waals surface area contributed by atoms with E-state index in [0.29, 0.717) is 10.7 Å². The number of halogens is 1. The van der Waals surface area contributed by atoms with E-state index in [1.807, 2.05) is 13.8 Å². The highest BCUT2D eigenvalue weighted by Gasteiger charge is 2.11. The van der Waals surface area contributed by atoms with Gasteiger partial charge in [-0.3, -0.25) is 0 Å². The van der Waals surface area contributed by atoms with Gasteiger partial charge in [0.25, 0.3) is 0 Å². The van der Waals surface area contributed by atoms with Gasteiger partial charge in [0.1, 0.15) is 0 Å². The van der Waals surface area contributed by atoms with Gasteiger partial charge in [-0.15, -0.1) is 0 Å². The highest BCUT2D eigenvalue weighted by atomic mass is 35.5. The summed E-state index contributed by atoms with van der Waals surface area (Å²) < 4.78 is 22.3. The van der Waals surface area contributed by atoms with Crippen LogP contribution >= 0.6 is 11.6 Å². The Morgan fingerprint density at radius 1 is 1.50 bits per heavy atom. The number of primary sulfonamides is 1. The van der Waals surface area contributed by atoms with Gasteiger partial charge in [-0.25, -0.2) is 13.6 Å². The molecule has 0 aliphatic carbocycles. The van der Waals surface area contributed by atoms with E-state index in [2.05, 4.69) is 5.32 Å². The number of benzene rings is 1. The van der Waals surface area contributed by atoms with Crippen molar-refractivity contribution in [2.24, 2.45) is 5.14 Å². The summed E-state index contributed by atoms with van der Waals surface area (Å²) in [6, 6.07) is 4.57. The number of hydrogen-bond donors (Lipinski definition) is 2. The molecular weight excluding hydrogens is 248 g/mol. The lowest BCUT2D eigenvalue weighted by atomic mass is 10.2. The van der Waals surface area contributed by atoms with E-state index < -0.39 is 10.0 Å². The minimum absolute atomic E-state index is 0.0581. The summed E-state index contributed by atoms with van der Waals surface area (Å²) in [4.78, 5) is 0.0581. The molecule has 0 radical (unpaired) electrons. The van der Waals surface area contributed by atoms with Gasteiger partial charge >= 0.3 is 0 Å². The molecule has 4 nitrogen and oxygen atoms in total. The first-order valence-electron chi connectivity index (χ1n) is 4.93. The van der Waals surface area contributed by atoms with Crippen LogP contribution in [0.25, 0.3) is 0 Å². The molecule has 90 valence electrons. The molecule has 1 rings (SSSR count). The van der Waals surface area contributed by atoms with E-state index in [9.17, 15) is 8.42 Å². The monoisotopic (exact) mass is 262 g/mol. The Hall–Kier alpha value is -0.780. The summed E-state index contributed by atoms with van der Waals surface area (Å²) in [7, 11) is -3.68. The Balaban J connectivity index is 3.09. The minimum atomic E-state index is -3.68. The minimum Gasteiger partial charge on any atom is -0.381 e. The van der Waals surface area contributed by atoms with Crippen LogP contribution in [0.2, 0.25) is 5.02 Å². The molecule has 0 saturated heterocycles. The van der Waals surface area contributed by atoms with Gasteiger partial charge in [0.15, 0.2) is 0 Å². The highest BCUT2D eigenvalue weighted by Crippen LogP contribution is 2.25. The molecule has 1 aromatic rings. The molecular formula is C10H15ClN2O2S.